The highest BCUT2D eigenvalue weighted by molar-refractivity contribution is 6.32. The second-order valence-corrected chi connectivity index (χ2v) is 3.03. The average Bonchev–Trinajstić information content (AvgIpc) is 2.09. The van der Waals surface area contributed by atoms with Gasteiger partial charge in [-0.3, -0.25) is 9.78 Å². The van der Waals surface area contributed by atoms with Crippen LogP contribution in [0.1, 0.15) is 17.7 Å². The number of halogens is 4. The lowest BCUT2D eigenvalue weighted by Crippen LogP contribution is -2.06. The Morgan fingerprint density at radius 3 is 2.67 bits per heavy atom. The van der Waals surface area contributed by atoms with Crippen LogP contribution in [0.25, 0.3) is 0 Å². The molecule has 0 saturated carbocycles. The van der Waals surface area contributed by atoms with Crippen LogP contribution in [0.4, 0.5) is 13.2 Å². The number of hydrogen-bond donors (Lipinski definition) is 1. The Bertz CT molecular complexity index is 398. The summed E-state index contributed by atoms with van der Waals surface area (Å²) in [4.78, 5) is 13.6. The molecule has 7 heteroatoms. The summed E-state index contributed by atoms with van der Waals surface area (Å²) < 4.78 is 37.5. The van der Waals surface area contributed by atoms with E-state index in [1.807, 2.05) is 0 Å². The number of carboxylic acid groups (broad SMARTS) is 1. The average molecular weight is 240 g/mol. The van der Waals surface area contributed by atoms with Crippen molar-refractivity contribution in [2.45, 2.75) is 12.8 Å². The summed E-state index contributed by atoms with van der Waals surface area (Å²) in [5.41, 5.74) is -1.29. The zero-order valence-electron chi connectivity index (χ0n) is 7.18. The van der Waals surface area contributed by atoms with Gasteiger partial charge in [0.15, 0.2) is 5.82 Å². The predicted molar refractivity (Wildman–Crippen MR) is 45.5 cm³/mol. The Labute approximate surface area is 87.5 Å². The summed E-state index contributed by atoms with van der Waals surface area (Å²) in [6, 6.07) is 0. The lowest BCUT2D eigenvalue weighted by Gasteiger charge is -2.07. The molecule has 0 saturated heterocycles. The summed E-state index contributed by atoms with van der Waals surface area (Å²) in [7, 11) is 0. The molecular formula is C8H5ClF3NO2. The SMILES string of the molecule is O=C(O)Cc1ncc(F)c(C(F)F)c1Cl. The zero-order chi connectivity index (χ0) is 11.6. The van der Waals surface area contributed by atoms with Gasteiger partial charge >= 0.3 is 5.97 Å². The van der Waals surface area contributed by atoms with E-state index >= 15 is 0 Å². The van der Waals surface area contributed by atoms with E-state index in [0.29, 0.717) is 6.20 Å². The third-order valence-corrected chi connectivity index (χ3v) is 2.04. The van der Waals surface area contributed by atoms with Crippen LogP contribution in [0.3, 0.4) is 0 Å². The predicted octanol–water partition coefficient (Wildman–Crippen LogP) is 2.44. The van der Waals surface area contributed by atoms with E-state index in [0.717, 1.165) is 0 Å². The number of aromatic nitrogens is 1. The van der Waals surface area contributed by atoms with Crippen LogP contribution in [0.2, 0.25) is 5.02 Å². The Kier molecular flexibility index (Phi) is 3.52. The van der Waals surface area contributed by atoms with Gasteiger partial charge in [0.2, 0.25) is 0 Å². The van der Waals surface area contributed by atoms with Crippen molar-refractivity contribution in [3.63, 3.8) is 0 Å². The van der Waals surface area contributed by atoms with Gasteiger partial charge in [0.1, 0.15) is 0 Å². The minimum atomic E-state index is -3.10. The molecule has 0 spiro atoms. The second-order valence-electron chi connectivity index (χ2n) is 2.65. The highest BCUT2D eigenvalue weighted by Crippen LogP contribution is 2.31. The molecule has 3 nitrogen and oxygen atoms in total. The molecule has 0 aromatic carbocycles. The molecule has 0 amide bonds. The van der Waals surface area contributed by atoms with Gasteiger partial charge in [0.25, 0.3) is 6.43 Å². The van der Waals surface area contributed by atoms with Crippen LogP contribution in [-0.2, 0) is 11.2 Å². The van der Waals surface area contributed by atoms with Gasteiger partial charge in [0, 0.05) is 0 Å². The molecule has 0 bridgehead atoms. The fourth-order valence-corrected chi connectivity index (χ4v) is 1.28. The van der Waals surface area contributed by atoms with E-state index in [2.05, 4.69) is 4.98 Å². The quantitative estimate of drug-likeness (QED) is 0.881. The van der Waals surface area contributed by atoms with E-state index in [4.69, 9.17) is 16.7 Å². The number of aliphatic carboxylic acids is 1. The van der Waals surface area contributed by atoms with Gasteiger partial charge in [-0.25, -0.2) is 13.2 Å². The maximum atomic E-state index is 12.8. The molecule has 0 aliphatic heterocycles. The van der Waals surface area contributed by atoms with E-state index in [1.165, 1.54) is 0 Å². The Balaban J connectivity index is 3.22. The van der Waals surface area contributed by atoms with Gasteiger partial charge in [-0.15, -0.1) is 0 Å². The van der Waals surface area contributed by atoms with E-state index in [1.54, 1.807) is 0 Å². The molecule has 0 aliphatic carbocycles. The largest absolute Gasteiger partial charge is 0.481 e. The van der Waals surface area contributed by atoms with Crippen molar-refractivity contribution in [1.29, 1.82) is 0 Å². The van der Waals surface area contributed by atoms with Crippen molar-refractivity contribution in [1.82, 2.24) is 4.98 Å². The topological polar surface area (TPSA) is 50.2 Å². The summed E-state index contributed by atoms with van der Waals surface area (Å²) in [6.45, 7) is 0. The summed E-state index contributed by atoms with van der Waals surface area (Å²) in [5, 5.41) is 7.78. The first-order chi connectivity index (χ1) is 6.93. The van der Waals surface area contributed by atoms with Gasteiger partial charge in [-0.1, -0.05) is 11.6 Å². The molecule has 15 heavy (non-hydrogen) atoms. The van der Waals surface area contributed by atoms with Crippen molar-refractivity contribution >= 4 is 17.6 Å². The third kappa shape index (κ3) is 2.59. The van der Waals surface area contributed by atoms with Gasteiger partial charge in [-0.2, -0.15) is 0 Å². The van der Waals surface area contributed by atoms with Crippen LogP contribution >= 0.6 is 11.6 Å². The molecule has 1 aromatic rings. The standard InChI is InChI=1S/C8H5ClF3NO2/c9-7-4(1-5(14)15)13-2-3(10)6(7)8(11)12/h2,8H,1H2,(H,14,15). The van der Waals surface area contributed by atoms with Crippen molar-refractivity contribution in [3.8, 4) is 0 Å². The maximum absolute atomic E-state index is 12.8. The van der Waals surface area contributed by atoms with Crippen molar-refractivity contribution in [2.75, 3.05) is 0 Å². The smallest absolute Gasteiger partial charge is 0.309 e. The zero-order valence-corrected chi connectivity index (χ0v) is 7.93. The number of rotatable bonds is 3. The summed E-state index contributed by atoms with van der Waals surface area (Å²) in [6.07, 6.45) is -3.20. The molecule has 0 aliphatic rings. The summed E-state index contributed by atoms with van der Waals surface area (Å²) in [5.74, 6) is -2.53. The van der Waals surface area contributed by atoms with Gasteiger partial charge < -0.3 is 5.11 Å². The lowest BCUT2D eigenvalue weighted by atomic mass is 10.2. The fourth-order valence-electron chi connectivity index (χ4n) is 0.988. The lowest BCUT2D eigenvalue weighted by molar-refractivity contribution is -0.136. The van der Waals surface area contributed by atoms with E-state index < -0.39 is 35.2 Å². The molecule has 0 radical (unpaired) electrons. The minimum absolute atomic E-state index is 0.277. The number of hydrogen-bond acceptors (Lipinski definition) is 2. The number of nitrogens with zero attached hydrogens (tertiary/aromatic N) is 1. The Morgan fingerprint density at radius 2 is 2.20 bits per heavy atom. The van der Waals surface area contributed by atoms with Gasteiger partial charge in [0.05, 0.1) is 28.9 Å². The molecule has 1 N–H and O–H groups in total. The van der Waals surface area contributed by atoms with Crippen molar-refractivity contribution in [3.05, 3.63) is 28.3 Å². The molecule has 1 rings (SSSR count). The number of carboxylic acids is 1. The highest BCUT2D eigenvalue weighted by Gasteiger charge is 2.22. The Hall–Kier alpha value is -1.30. The van der Waals surface area contributed by atoms with Crippen LogP contribution in [0, 0.1) is 5.82 Å². The molecule has 0 unspecified atom stereocenters. The molecule has 1 aromatic heterocycles. The molecule has 82 valence electrons. The normalized spacial score (nSPS) is 10.7. The molecule has 1 heterocycles. The third-order valence-electron chi connectivity index (χ3n) is 1.62. The van der Waals surface area contributed by atoms with Crippen LogP contribution in [0.15, 0.2) is 6.20 Å². The van der Waals surface area contributed by atoms with Crippen LogP contribution in [-0.4, -0.2) is 16.1 Å². The number of alkyl halides is 2. The monoisotopic (exact) mass is 239 g/mol. The van der Waals surface area contributed by atoms with Crippen LogP contribution < -0.4 is 0 Å². The first-order valence-electron chi connectivity index (χ1n) is 3.76. The van der Waals surface area contributed by atoms with Crippen molar-refractivity contribution in [2.24, 2.45) is 0 Å². The van der Waals surface area contributed by atoms with Crippen LogP contribution in [0.5, 0.6) is 0 Å². The molecule has 0 atom stereocenters. The highest BCUT2D eigenvalue weighted by atomic mass is 35.5. The number of carbonyl (C=O) groups is 1. The number of pyridine rings is 1. The first-order valence-corrected chi connectivity index (χ1v) is 4.14. The molecule has 0 fully saturated rings. The van der Waals surface area contributed by atoms with Crippen molar-refractivity contribution < 1.29 is 23.1 Å². The summed E-state index contributed by atoms with van der Waals surface area (Å²) >= 11 is 5.41. The second kappa shape index (κ2) is 4.48. The van der Waals surface area contributed by atoms with E-state index in [-0.39, 0.29) is 5.69 Å². The van der Waals surface area contributed by atoms with E-state index in [9.17, 15) is 18.0 Å². The maximum Gasteiger partial charge on any atom is 0.309 e. The Morgan fingerprint density at radius 1 is 1.60 bits per heavy atom. The minimum Gasteiger partial charge on any atom is -0.481 e. The molecular weight excluding hydrogens is 235 g/mol. The first kappa shape index (κ1) is 11.8. The van der Waals surface area contributed by atoms with Gasteiger partial charge in [-0.05, 0) is 0 Å². The fraction of sp³-hybridized carbons (Fsp3) is 0.250.